The van der Waals surface area contributed by atoms with Crippen LogP contribution in [-0.2, 0) is 35.2 Å². The molecule has 2 N–H and O–H groups in total. The third-order valence-corrected chi connectivity index (χ3v) is 8.66. The first-order valence-electron chi connectivity index (χ1n) is 18.5. The maximum absolute atomic E-state index is 13.8. The van der Waals surface area contributed by atoms with Crippen LogP contribution in [0.3, 0.4) is 0 Å². The molecule has 1 unspecified atom stereocenters. The molecule has 0 bridgehead atoms. The Morgan fingerprint density at radius 3 is 2.16 bits per heavy atom. The number of anilines is 1. The third kappa shape index (κ3) is 14.9. The standard InChI is InChI=1S/C40H59N3O7/c1-6-7-19-30(2)29-48-42-36(45)27-14-9-8-13-26-35(44)41-34-25-18-15-22-32(34)28-43(39(47)50-40(3,4)5)37(31-20-11-10-12-21-31)38(46)49-33-23-16-17-24-33/h10-12,15,18,20-22,25,30,33,37H,6-9,13-14,16-17,19,23-24,26-29H2,1-5H3,(H,41,44)(H,42,45)/t30?,37-/m0/s1. The average molecular weight is 694 g/mol. The highest BCUT2D eigenvalue weighted by Crippen LogP contribution is 2.31. The summed E-state index contributed by atoms with van der Waals surface area (Å²) in [6.45, 7) is 10.2. The highest BCUT2D eigenvalue weighted by molar-refractivity contribution is 5.91. The lowest BCUT2D eigenvalue weighted by molar-refractivity contribution is -0.155. The molecule has 2 aromatic rings. The van der Waals surface area contributed by atoms with Gasteiger partial charge in [-0.2, -0.15) is 0 Å². The van der Waals surface area contributed by atoms with Crippen molar-refractivity contribution in [3.05, 3.63) is 65.7 Å². The fraction of sp³-hybridized carbons (Fsp3) is 0.600. The van der Waals surface area contributed by atoms with E-state index in [1.807, 2.05) is 48.5 Å². The van der Waals surface area contributed by atoms with Crippen molar-refractivity contribution in [3.63, 3.8) is 0 Å². The van der Waals surface area contributed by atoms with Gasteiger partial charge in [-0.1, -0.05) is 88.1 Å². The van der Waals surface area contributed by atoms with Gasteiger partial charge in [0.1, 0.15) is 11.7 Å². The summed E-state index contributed by atoms with van der Waals surface area (Å²) in [7, 11) is 0. The summed E-state index contributed by atoms with van der Waals surface area (Å²) in [4.78, 5) is 59.5. The van der Waals surface area contributed by atoms with E-state index in [2.05, 4.69) is 24.6 Å². The Balaban J connectivity index is 1.60. The molecule has 10 heteroatoms. The van der Waals surface area contributed by atoms with E-state index >= 15 is 0 Å². The molecule has 50 heavy (non-hydrogen) atoms. The van der Waals surface area contributed by atoms with Crippen molar-refractivity contribution in [3.8, 4) is 0 Å². The third-order valence-electron chi connectivity index (χ3n) is 8.66. The second kappa shape index (κ2) is 21.3. The highest BCUT2D eigenvalue weighted by Gasteiger charge is 2.37. The van der Waals surface area contributed by atoms with Gasteiger partial charge < -0.3 is 14.8 Å². The Kier molecular flexibility index (Phi) is 17.3. The second-order valence-corrected chi connectivity index (χ2v) is 14.5. The number of benzene rings is 2. The number of nitrogens with zero attached hydrogens (tertiary/aromatic N) is 1. The number of amides is 3. The lowest BCUT2D eigenvalue weighted by Crippen LogP contribution is -2.43. The lowest BCUT2D eigenvalue weighted by Gasteiger charge is -2.33. The fourth-order valence-corrected chi connectivity index (χ4v) is 5.95. The molecule has 0 aliphatic heterocycles. The van der Waals surface area contributed by atoms with Crippen LogP contribution in [0.15, 0.2) is 54.6 Å². The maximum atomic E-state index is 13.8. The summed E-state index contributed by atoms with van der Waals surface area (Å²) >= 11 is 0. The molecule has 0 heterocycles. The Labute approximate surface area is 299 Å². The number of esters is 1. The number of hydrogen-bond acceptors (Lipinski definition) is 7. The number of carbonyl (C=O) groups excluding carboxylic acids is 4. The summed E-state index contributed by atoms with van der Waals surface area (Å²) < 4.78 is 11.8. The zero-order valence-corrected chi connectivity index (χ0v) is 30.8. The number of hydrogen-bond donors (Lipinski definition) is 2. The minimum atomic E-state index is -1.04. The van der Waals surface area contributed by atoms with Crippen molar-refractivity contribution in [2.45, 2.75) is 142 Å². The van der Waals surface area contributed by atoms with Gasteiger partial charge in [0.05, 0.1) is 13.2 Å². The monoisotopic (exact) mass is 693 g/mol. The summed E-state index contributed by atoms with van der Waals surface area (Å²) in [5, 5.41) is 3.01. The first kappa shape index (κ1) is 40.5. The molecule has 3 amide bonds. The van der Waals surface area contributed by atoms with E-state index in [1.165, 1.54) is 4.90 Å². The van der Waals surface area contributed by atoms with Crippen LogP contribution in [0.25, 0.3) is 0 Å². The number of rotatable bonds is 20. The quantitative estimate of drug-likeness (QED) is 0.0807. The summed E-state index contributed by atoms with van der Waals surface area (Å²) in [5.74, 6) is -0.361. The Bertz CT molecular complexity index is 1340. The Morgan fingerprint density at radius 2 is 1.50 bits per heavy atom. The predicted molar refractivity (Wildman–Crippen MR) is 195 cm³/mol. The molecule has 1 saturated carbocycles. The fourth-order valence-electron chi connectivity index (χ4n) is 5.95. The van der Waals surface area contributed by atoms with Crippen molar-refractivity contribution >= 4 is 29.6 Å². The van der Waals surface area contributed by atoms with Crippen LogP contribution in [0.4, 0.5) is 10.5 Å². The van der Waals surface area contributed by atoms with Gasteiger partial charge in [0.25, 0.3) is 0 Å². The molecule has 2 atom stereocenters. The summed E-state index contributed by atoms with van der Waals surface area (Å²) in [6, 6.07) is 15.4. The first-order chi connectivity index (χ1) is 24.0. The van der Waals surface area contributed by atoms with Gasteiger partial charge in [-0.3, -0.25) is 19.3 Å². The van der Waals surface area contributed by atoms with E-state index < -0.39 is 23.7 Å². The first-order valence-corrected chi connectivity index (χ1v) is 18.5. The number of hydroxylamine groups is 1. The van der Waals surface area contributed by atoms with Gasteiger partial charge in [-0.05, 0) is 88.8 Å². The molecule has 2 aromatic carbocycles. The smallest absolute Gasteiger partial charge is 0.411 e. The van der Waals surface area contributed by atoms with Gasteiger partial charge in [0, 0.05) is 18.5 Å². The predicted octanol–water partition coefficient (Wildman–Crippen LogP) is 8.80. The van der Waals surface area contributed by atoms with E-state index in [0.29, 0.717) is 48.6 Å². The van der Waals surface area contributed by atoms with E-state index in [-0.39, 0.29) is 24.5 Å². The molecule has 10 nitrogen and oxygen atoms in total. The summed E-state index contributed by atoms with van der Waals surface area (Å²) in [6.07, 6.45) is 9.90. The highest BCUT2D eigenvalue weighted by atomic mass is 16.7. The Hall–Kier alpha value is -3.92. The van der Waals surface area contributed by atoms with Gasteiger partial charge in [-0.15, -0.1) is 0 Å². The molecule has 1 aliphatic carbocycles. The normalized spacial score (nSPS) is 14.4. The minimum Gasteiger partial charge on any atom is -0.461 e. The zero-order valence-electron chi connectivity index (χ0n) is 30.8. The number of unbranched alkanes of at least 4 members (excludes halogenated alkanes) is 4. The topological polar surface area (TPSA) is 123 Å². The molecule has 0 aromatic heterocycles. The maximum Gasteiger partial charge on any atom is 0.411 e. The van der Waals surface area contributed by atoms with Crippen LogP contribution >= 0.6 is 0 Å². The molecule has 3 rings (SSSR count). The SMILES string of the molecule is CCCCC(C)CONC(=O)CCCCCCC(=O)Nc1ccccc1CN(C(=O)OC(C)(C)C)[C@H](C(=O)OC1CCCC1)c1ccccc1. The van der Waals surface area contributed by atoms with Gasteiger partial charge >= 0.3 is 12.1 Å². The number of para-hydroxylation sites is 1. The van der Waals surface area contributed by atoms with Crippen LogP contribution in [-0.4, -0.2) is 47.1 Å². The molecule has 276 valence electrons. The number of nitrogens with one attached hydrogen (secondary N) is 2. The van der Waals surface area contributed by atoms with Crippen molar-refractivity contribution in [1.82, 2.24) is 10.4 Å². The molecule has 1 fully saturated rings. The van der Waals surface area contributed by atoms with Crippen LogP contribution in [0.5, 0.6) is 0 Å². The van der Waals surface area contributed by atoms with Gasteiger partial charge in [0.2, 0.25) is 11.8 Å². The molecule has 1 aliphatic rings. The van der Waals surface area contributed by atoms with Crippen molar-refractivity contribution in [1.29, 1.82) is 0 Å². The molecule has 0 saturated heterocycles. The average Bonchev–Trinajstić information content (AvgIpc) is 3.58. The Morgan fingerprint density at radius 1 is 0.860 bits per heavy atom. The lowest BCUT2D eigenvalue weighted by atomic mass is 10.0. The van der Waals surface area contributed by atoms with E-state index in [1.54, 1.807) is 26.8 Å². The van der Waals surface area contributed by atoms with Crippen LogP contribution in [0.1, 0.15) is 135 Å². The van der Waals surface area contributed by atoms with E-state index in [4.69, 9.17) is 14.3 Å². The molecule has 0 spiro atoms. The molecule has 0 radical (unpaired) electrons. The van der Waals surface area contributed by atoms with Crippen LogP contribution < -0.4 is 10.8 Å². The van der Waals surface area contributed by atoms with Crippen LogP contribution in [0.2, 0.25) is 0 Å². The zero-order chi connectivity index (χ0) is 36.4. The number of carbonyl (C=O) groups is 4. The summed E-state index contributed by atoms with van der Waals surface area (Å²) in [5.41, 5.74) is 3.57. The van der Waals surface area contributed by atoms with Crippen molar-refractivity contribution in [2.75, 3.05) is 11.9 Å². The van der Waals surface area contributed by atoms with Crippen molar-refractivity contribution in [2.24, 2.45) is 5.92 Å². The van der Waals surface area contributed by atoms with Crippen molar-refractivity contribution < 1.29 is 33.5 Å². The molecular weight excluding hydrogens is 634 g/mol. The minimum absolute atomic E-state index is 0.00806. The largest absolute Gasteiger partial charge is 0.461 e. The van der Waals surface area contributed by atoms with E-state index in [9.17, 15) is 19.2 Å². The second-order valence-electron chi connectivity index (χ2n) is 14.5. The molecular formula is C40H59N3O7. The van der Waals surface area contributed by atoms with Gasteiger partial charge in [0.15, 0.2) is 6.04 Å². The number of ether oxygens (including phenoxy) is 2. The van der Waals surface area contributed by atoms with Crippen LogP contribution in [0, 0.1) is 5.92 Å². The van der Waals surface area contributed by atoms with Gasteiger partial charge in [-0.25, -0.2) is 15.1 Å². The van der Waals surface area contributed by atoms with E-state index in [0.717, 1.165) is 64.2 Å².